The summed E-state index contributed by atoms with van der Waals surface area (Å²) in [6.45, 7) is 10.7. The highest BCUT2D eigenvalue weighted by atomic mass is 16.5. The molecule has 1 amide bonds. The molecule has 4 heterocycles. The van der Waals surface area contributed by atoms with Crippen LogP contribution >= 0.6 is 0 Å². The van der Waals surface area contributed by atoms with Gasteiger partial charge in [0.2, 0.25) is 5.91 Å². The van der Waals surface area contributed by atoms with Crippen molar-refractivity contribution in [2.24, 2.45) is 0 Å². The largest absolute Gasteiger partial charge is 0.508 e. The molecule has 3 unspecified atom stereocenters. The van der Waals surface area contributed by atoms with E-state index in [2.05, 4.69) is 29.4 Å². The molecule has 3 aliphatic heterocycles. The van der Waals surface area contributed by atoms with E-state index >= 15 is 0 Å². The van der Waals surface area contributed by atoms with Crippen LogP contribution in [0.25, 0.3) is 10.8 Å². The van der Waals surface area contributed by atoms with Gasteiger partial charge in [0.15, 0.2) is 0 Å². The molecule has 8 nitrogen and oxygen atoms in total. The Kier molecular flexibility index (Phi) is 6.33. The number of hydrogen-bond donors (Lipinski definition) is 1. The van der Waals surface area contributed by atoms with Gasteiger partial charge in [-0.1, -0.05) is 37.8 Å². The second-order valence-corrected chi connectivity index (χ2v) is 10.7. The number of carbonyl (C=O) groups is 1. The van der Waals surface area contributed by atoms with Gasteiger partial charge < -0.3 is 24.5 Å². The Hall–Kier alpha value is -3.81. The fraction of sp³-hybridized carbons (Fsp3) is 0.433. The molecule has 2 saturated heterocycles. The number of aromatic hydroxyl groups is 1. The van der Waals surface area contributed by atoms with Gasteiger partial charge in [-0.25, -0.2) is 0 Å². The summed E-state index contributed by atoms with van der Waals surface area (Å²) in [6.07, 6.45) is 5.10. The molecule has 38 heavy (non-hydrogen) atoms. The van der Waals surface area contributed by atoms with E-state index in [1.165, 1.54) is 6.08 Å². The molecular weight excluding hydrogens is 478 g/mol. The van der Waals surface area contributed by atoms with Crippen molar-refractivity contribution in [1.29, 1.82) is 0 Å². The number of carbonyl (C=O) groups excluding carboxylic acids is 1. The van der Waals surface area contributed by atoms with E-state index in [4.69, 9.17) is 14.7 Å². The number of piperazine rings is 1. The fourth-order valence-corrected chi connectivity index (χ4v) is 6.25. The highest BCUT2D eigenvalue weighted by Gasteiger charge is 2.43. The van der Waals surface area contributed by atoms with Crippen LogP contribution in [0, 0.1) is 0 Å². The Bertz CT molecular complexity index is 1380. The van der Waals surface area contributed by atoms with E-state index in [0.717, 1.165) is 78.9 Å². The number of rotatable bonds is 6. The zero-order valence-electron chi connectivity index (χ0n) is 22.1. The van der Waals surface area contributed by atoms with Crippen LogP contribution in [0.15, 0.2) is 49.1 Å². The van der Waals surface area contributed by atoms with E-state index in [9.17, 15) is 9.90 Å². The molecule has 1 N–H and O–H groups in total. The lowest BCUT2D eigenvalue weighted by atomic mass is 10.0. The van der Waals surface area contributed by atoms with Crippen LogP contribution < -0.4 is 14.5 Å². The van der Waals surface area contributed by atoms with Crippen LogP contribution in [-0.4, -0.2) is 63.7 Å². The van der Waals surface area contributed by atoms with Crippen molar-refractivity contribution in [1.82, 2.24) is 14.9 Å². The second-order valence-electron chi connectivity index (χ2n) is 10.7. The first-order valence-corrected chi connectivity index (χ1v) is 13.7. The van der Waals surface area contributed by atoms with E-state index in [1.807, 2.05) is 36.1 Å². The summed E-state index contributed by atoms with van der Waals surface area (Å²) in [4.78, 5) is 29.0. The van der Waals surface area contributed by atoms with Crippen LogP contribution in [0.3, 0.4) is 0 Å². The number of anilines is 2. The molecule has 0 radical (unpaired) electrons. The third-order valence-corrected chi connectivity index (χ3v) is 8.28. The minimum absolute atomic E-state index is 0.00819. The van der Waals surface area contributed by atoms with Gasteiger partial charge in [-0.15, -0.1) is 0 Å². The maximum absolute atomic E-state index is 12.5. The molecule has 3 aliphatic rings. The lowest BCUT2D eigenvalue weighted by Gasteiger charge is -2.42. The average molecular weight is 514 g/mol. The number of nitrogens with zero attached hydrogens (tertiary/aromatic N) is 5. The van der Waals surface area contributed by atoms with Crippen molar-refractivity contribution < 1.29 is 14.6 Å². The minimum atomic E-state index is 0.00819. The molecule has 2 aromatic carbocycles. The number of phenols is 1. The highest BCUT2D eigenvalue weighted by molar-refractivity contribution is 5.95. The number of benzene rings is 2. The number of ether oxygens (including phenoxy) is 1. The normalized spacial score (nSPS) is 21.4. The standard InChI is InChI=1S/C30H35N5O3/c1-4-19(3)38-30-31-26-18-33(27-15-23(36)14-20-8-6-7-9-24(20)27)13-12-25(26)29(32-30)34-16-21-10-11-22(17-34)35(21)28(37)5-2/h5-9,14-15,19,21-22,36H,2,4,10-13,16-18H2,1,3H3. The van der Waals surface area contributed by atoms with Gasteiger partial charge >= 0.3 is 6.01 Å². The van der Waals surface area contributed by atoms with Crippen molar-refractivity contribution in [2.45, 2.75) is 64.3 Å². The van der Waals surface area contributed by atoms with E-state index in [1.54, 1.807) is 6.07 Å². The van der Waals surface area contributed by atoms with Gasteiger partial charge in [-0.2, -0.15) is 9.97 Å². The van der Waals surface area contributed by atoms with E-state index < -0.39 is 0 Å². The molecule has 8 heteroatoms. The van der Waals surface area contributed by atoms with Gasteiger partial charge in [-0.3, -0.25) is 4.79 Å². The molecule has 1 aromatic heterocycles. The van der Waals surface area contributed by atoms with Gasteiger partial charge in [0.25, 0.3) is 0 Å². The lowest BCUT2D eigenvalue weighted by molar-refractivity contribution is -0.129. The molecule has 2 bridgehead atoms. The van der Waals surface area contributed by atoms with Crippen LogP contribution in [-0.2, 0) is 17.8 Å². The summed E-state index contributed by atoms with van der Waals surface area (Å²) in [5, 5.41) is 12.6. The number of fused-ring (bicyclic) bond motifs is 4. The third kappa shape index (κ3) is 4.31. The zero-order valence-corrected chi connectivity index (χ0v) is 22.1. The maximum atomic E-state index is 12.5. The molecule has 0 saturated carbocycles. The van der Waals surface area contributed by atoms with Crippen molar-refractivity contribution in [2.75, 3.05) is 29.4 Å². The van der Waals surface area contributed by atoms with Crippen molar-refractivity contribution >= 4 is 28.2 Å². The summed E-state index contributed by atoms with van der Waals surface area (Å²) in [5.74, 6) is 1.23. The lowest BCUT2D eigenvalue weighted by Crippen LogP contribution is -2.56. The third-order valence-electron chi connectivity index (χ3n) is 8.28. The zero-order chi connectivity index (χ0) is 26.4. The fourth-order valence-electron chi connectivity index (χ4n) is 6.25. The Labute approximate surface area is 223 Å². The monoisotopic (exact) mass is 513 g/mol. The second kappa shape index (κ2) is 9.82. The number of aromatic nitrogens is 2. The summed E-state index contributed by atoms with van der Waals surface area (Å²) in [6, 6.07) is 12.6. The van der Waals surface area contributed by atoms with Crippen molar-refractivity contribution in [3.05, 3.63) is 60.3 Å². The number of phenolic OH excluding ortho intramolecular Hbond substituents is 1. The van der Waals surface area contributed by atoms with E-state index in [0.29, 0.717) is 12.6 Å². The maximum Gasteiger partial charge on any atom is 0.318 e. The molecule has 198 valence electrons. The predicted molar refractivity (Wildman–Crippen MR) is 149 cm³/mol. The van der Waals surface area contributed by atoms with Gasteiger partial charge in [0.05, 0.1) is 18.3 Å². The van der Waals surface area contributed by atoms with Crippen LogP contribution in [0.5, 0.6) is 11.8 Å². The molecule has 0 aliphatic carbocycles. The first kappa shape index (κ1) is 24.5. The van der Waals surface area contributed by atoms with Crippen molar-refractivity contribution in [3.8, 4) is 11.8 Å². The topological polar surface area (TPSA) is 82.0 Å². The first-order valence-electron chi connectivity index (χ1n) is 13.7. The Morgan fingerprint density at radius 2 is 1.95 bits per heavy atom. The molecular formula is C30H35N5O3. The van der Waals surface area contributed by atoms with Gasteiger partial charge in [0.1, 0.15) is 11.6 Å². The smallest absolute Gasteiger partial charge is 0.318 e. The quantitative estimate of drug-likeness (QED) is 0.488. The first-order chi connectivity index (χ1) is 18.4. The Balaban J connectivity index is 1.36. The average Bonchev–Trinajstić information content (AvgIpc) is 3.20. The SMILES string of the molecule is C=CC(=O)N1C2CCC1CN(c1nc(OC(C)CC)nc3c1CCN(c1cc(O)cc4ccccc14)C3)C2. The van der Waals surface area contributed by atoms with Crippen molar-refractivity contribution in [3.63, 3.8) is 0 Å². The summed E-state index contributed by atoms with van der Waals surface area (Å²) in [5.41, 5.74) is 3.12. The Morgan fingerprint density at radius 1 is 1.18 bits per heavy atom. The summed E-state index contributed by atoms with van der Waals surface area (Å²) < 4.78 is 6.15. The van der Waals surface area contributed by atoms with Crippen LogP contribution in [0.2, 0.25) is 0 Å². The Morgan fingerprint density at radius 3 is 2.68 bits per heavy atom. The molecule has 2 fully saturated rings. The molecule has 3 atom stereocenters. The van der Waals surface area contributed by atoms with Gasteiger partial charge in [0, 0.05) is 54.4 Å². The molecule has 3 aromatic rings. The minimum Gasteiger partial charge on any atom is -0.508 e. The van der Waals surface area contributed by atoms with Crippen LogP contribution in [0.1, 0.15) is 44.4 Å². The van der Waals surface area contributed by atoms with Gasteiger partial charge in [-0.05, 0) is 50.1 Å². The summed E-state index contributed by atoms with van der Waals surface area (Å²) in [7, 11) is 0. The number of amides is 1. The highest BCUT2D eigenvalue weighted by Crippen LogP contribution is 2.38. The predicted octanol–water partition coefficient (Wildman–Crippen LogP) is 4.44. The van der Waals surface area contributed by atoms with Crippen LogP contribution in [0.4, 0.5) is 11.5 Å². The summed E-state index contributed by atoms with van der Waals surface area (Å²) >= 11 is 0. The molecule has 0 spiro atoms. The number of hydrogen-bond acceptors (Lipinski definition) is 7. The molecule has 6 rings (SSSR count). The van der Waals surface area contributed by atoms with E-state index in [-0.39, 0.29) is 29.8 Å².